The zero-order valence-corrected chi connectivity index (χ0v) is 27.5. The second-order valence-corrected chi connectivity index (χ2v) is 12.8. The number of benzene rings is 2. The summed E-state index contributed by atoms with van der Waals surface area (Å²) >= 11 is 0. The van der Waals surface area contributed by atoms with Gasteiger partial charge in [0.15, 0.2) is 11.6 Å². The number of rotatable bonds is 8. The Bertz CT molecular complexity index is 2000. The predicted octanol–water partition coefficient (Wildman–Crippen LogP) is 4.31. The number of amides is 2. The van der Waals surface area contributed by atoms with Gasteiger partial charge < -0.3 is 19.9 Å². The van der Waals surface area contributed by atoms with E-state index in [1.165, 1.54) is 35.2 Å². The van der Waals surface area contributed by atoms with Gasteiger partial charge in [0.2, 0.25) is 11.8 Å². The Labute approximate surface area is 281 Å². The van der Waals surface area contributed by atoms with Crippen molar-refractivity contribution in [1.82, 2.24) is 28.9 Å². The number of hydrogen-bond donors (Lipinski definition) is 1. The van der Waals surface area contributed by atoms with Crippen molar-refractivity contribution in [3.05, 3.63) is 104 Å². The van der Waals surface area contributed by atoms with Crippen molar-refractivity contribution in [2.75, 3.05) is 32.0 Å². The van der Waals surface area contributed by atoms with Gasteiger partial charge in [-0.2, -0.15) is 0 Å². The minimum Gasteiger partial charge on any atom is -0.436 e. The summed E-state index contributed by atoms with van der Waals surface area (Å²) in [6, 6.07) is 8.09. The van der Waals surface area contributed by atoms with Gasteiger partial charge in [-0.3, -0.25) is 19.0 Å². The lowest BCUT2D eigenvalue weighted by Gasteiger charge is -2.32. The van der Waals surface area contributed by atoms with Crippen LogP contribution >= 0.6 is 0 Å². The summed E-state index contributed by atoms with van der Waals surface area (Å²) < 4.78 is 36.7. The highest BCUT2D eigenvalue weighted by atomic mass is 19.1. The van der Waals surface area contributed by atoms with Crippen LogP contribution in [0, 0.1) is 17.6 Å². The van der Waals surface area contributed by atoms with Gasteiger partial charge in [0.05, 0.1) is 17.9 Å². The molecule has 0 atom stereocenters. The molecular weight excluding hydrogens is 636 g/mol. The highest BCUT2D eigenvalue weighted by Gasteiger charge is 2.28. The average molecular weight is 674 g/mol. The van der Waals surface area contributed by atoms with Crippen molar-refractivity contribution < 1.29 is 23.1 Å². The van der Waals surface area contributed by atoms with Crippen LogP contribution in [0.4, 0.5) is 14.5 Å². The van der Waals surface area contributed by atoms with Crippen LogP contribution in [0.15, 0.2) is 64.6 Å². The predicted molar refractivity (Wildman–Crippen MR) is 177 cm³/mol. The van der Waals surface area contributed by atoms with Crippen LogP contribution in [0.2, 0.25) is 0 Å². The number of anilines is 1. The third kappa shape index (κ3) is 7.28. The molecule has 6 rings (SSSR count). The summed E-state index contributed by atoms with van der Waals surface area (Å²) in [5, 5.41) is 2.51. The van der Waals surface area contributed by atoms with Crippen LogP contribution in [0.25, 0.3) is 5.69 Å². The summed E-state index contributed by atoms with van der Waals surface area (Å²) in [4.78, 5) is 65.5. The van der Waals surface area contributed by atoms with Crippen molar-refractivity contribution in [3.8, 4) is 17.3 Å². The summed E-state index contributed by atoms with van der Waals surface area (Å²) in [5.74, 6) is -1.72. The molecule has 49 heavy (non-hydrogen) atoms. The number of carbonyl (C=O) groups excluding carboxylic acids is 2. The van der Waals surface area contributed by atoms with Gasteiger partial charge in [-0.25, -0.2) is 28.1 Å². The van der Waals surface area contributed by atoms with Crippen LogP contribution in [-0.4, -0.2) is 67.4 Å². The lowest BCUT2D eigenvalue weighted by Crippen LogP contribution is -2.42. The first kappa shape index (κ1) is 33.7. The van der Waals surface area contributed by atoms with Crippen LogP contribution in [-0.2, 0) is 17.8 Å². The van der Waals surface area contributed by atoms with Crippen LogP contribution in [0.3, 0.4) is 0 Å². The van der Waals surface area contributed by atoms with Crippen molar-refractivity contribution in [2.24, 2.45) is 5.92 Å². The van der Waals surface area contributed by atoms with Crippen molar-refractivity contribution >= 4 is 17.5 Å². The number of fused-ring (bicyclic) bond motifs is 1. The van der Waals surface area contributed by atoms with Gasteiger partial charge in [0.25, 0.3) is 11.5 Å². The highest BCUT2D eigenvalue weighted by Crippen LogP contribution is 2.32. The minimum absolute atomic E-state index is 0.0355. The standard InChI is InChI=1S/C35H37F2N7O5/c1-21(2)43-18-27(34(47)44(35(43)48)25-7-4-23(36)5-8-25)32(46)40-24-6-9-30(28(37)17-24)49-33-26-12-15-42(19-29(26)38-20-39-33)31(45)16-22-10-13-41(3)14-11-22/h4-9,17-18,20-22H,10-16,19H2,1-3H3,(H,40,46). The number of nitrogens with zero attached hydrogens (tertiary/aromatic N) is 6. The maximum absolute atomic E-state index is 15.3. The molecule has 0 radical (unpaired) electrons. The Morgan fingerprint density at radius 3 is 2.45 bits per heavy atom. The van der Waals surface area contributed by atoms with Crippen LogP contribution in [0.5, 0.6) is 11.6 Å². The molecule has 2 aromatic heterocycles. The minimum atomic E-state index is -0.915. The summed E-state index contributed by atoms with van der Waals surface area (Å²) in [6.07, 6.45) is 5.45. The fraction of sp³-hybridized carbons (Fsp3) is 0.371. The molecule has 0 spiro atoms. The van der Waals surface area contributed by atoms with Gasteiger partial charge in [-0.15, -0.1) is 0 Å². The van der Waals surface area contributed by atoms with E-state index in [2.05, 4.69) is 27.2 Å². The molecule has 1 N–H and O–H groups in total. The molecule has 12 nitrogen and oxygen atoms in total. The number of halogens is 2. The normalized spacial score (nSPS) is 15.3. The van der Waals surface area contributed by atoms with Crippen LogP contribution in [0.1, 0.15) is 60.8 Å². The molecule has 0 saturated carbocycles. The van der Waals surface area contributed by atoms with E-state index in [1.807, 2.05) is 0 Å². The fourth-order valence-corrected chi connectivity index (χ4v) is 6.15. The van der Waals surface area contributed by atoms with Crippen molar-refractivity contribution in [2.45, 2.75) is 52.1 Å². The molecule has 0 bridgehead atoms. The molecule has 1 saturated heterocycles. The third-order valence-electron chi connectivity index (χ3n) is 9.02. The molecule has 0 aliphatic carbocycles. The van der Waals surface area contributed by atoms with E-state index in [0.29, 0.717) is 43.1 Å². The Balaban J connectivity index is 1.16. The Hall–Kier alpha value is -5.24. The molecule has 256 valence electrons. The topological polar surface area (TPSA) is 132 Å². The van der Waals surface area contributed by atoms with Gasteiger partial charge in [-0.05, 0) is 95.6 Å². The first-order chi connectivity index (χ1) is 23.5. The van der Waals surface area contributed by atoms with E-state index in [-0.39, 0.29) is 34.5 Å². The van der Waals surface area contributed by atoms with E-state index >= 15 is 4.39 Å². The number of ether oxygens (including phenoxy) is 1. The first-order valence-corrected chi connectivity index (χ1v) is 16.2. The molecular formula is C35H37F2N7O5. The Morgan fingerprint density at radius 1 is 1.02 bits per heavy atom. The van der Waals surface area contributed by atoms with Gasteiger partial charge in [0, 0.05) is 42.5 Å². The molecule has 4 heterocycles. The van der Waals surface area contributed by atoms with Gasteiger partial charge >= 0.3 is 5.69 Å². The number of piperidine rings is 1. The summed E-state index contributed by atoms with van der Waals surface area (Å²) in [7, 11) is 2.09. The second-order valence-electron chi connectivity index (χ2n) is 12.8. The molecule has 0 unspecified atom stereocenters. The van der Waals surface area contributed by atoms with E-state index in [9.17, 15) is 23.6 Å². The summed E-state index contributed by atoms with van der Waals surface area (Å²) in [5.41, 5.74) is -0.520. The smallest absolute Gasteiger partial charge is 0.335 e. The van der Waals surface area contributed by atoms with Gasteiger partial charge in [-0.1, -0.05) is 0 Å². The lowest BCUT2D eigenvalue weighted by molar-refractivity contribution is -0.133. The van der Waals surface area contributed by atoms with Crippen molar-refractivity contribution in [1.29, 1.82) is 0 Å². The zero-order valence-electron chi connectivity index (χ0n) is 27.5. The Kier molecular flexibility index (Phi) is 9.67. The molecule has 4 aromatic rings. The monoisotopic (exact) mass is 673 g/mol. The molecule has 2 amide bonds. The van der Waals surface area contributed by atoms with E-state index in [1.54, 1.807) is 18.7 Å². The maximum atomic E-state index is 15.3. The van der Waals surface area contributed by atoms with E-state index in [0.717, 1.165) is 54.9 Å². The summed E-state index contributed by atoms with van der Waals surface area (Å²) in [6.45, 7) is 6.19. The molecule has 2 aliphatic rings. The third-order valence-corrected chi connectivity index (χ3v) is 9.02. The first-order valence-electron chi connectivity index (χ1n) is 16.2. The SMILES string of the molecule is CC(C)n1cc(C(=O)Nc2ccc(Oc3ncnc4c3CCN(C(=O)CC3CCN(C)CC3)C4)c(F)c2)c(=O)n(-c2ccc(F)cc2)c1=O. The number of aromatic nitrogens is 4. The van der Waals surface area contributed by atoms with E-state index in [4.69, 9.17) is 4.74 Å². The second kappa shape index (κ2) is 14.1. The fourth-order valence-electron chi connectivity index (χ4n) is 6.15. The number of carbonyl (C=O) groups is 2. The quantitative estimate of drug-likeness (QED) is 0.293. The molecule has 1 fully saturated rings. The average Bonchev–Trinajstić information content (AvgIpc) is 3.07. The molecule has 2 aliphatic heterocycles. The number of hydrogen-bond acceptors (Lipinski definition) is 8. The van der Waals surface area contributed by atoms with Crippen molar-refractivity contribution in [3.63, 3.8) is 0 Å². The molecule has 14 heteroatoms. The van der Waals surface area contributed by atoms with E-state index < -0.39 is 34.8 Å². The largest absolute Gasteiger partial charge is 0.436 e. The number of nitrogens with one attached hydrogen (secondary N) is 1. The highest BCUT2D eigenvalue weighted by molar-refractivity contribution is 6.03. The molecule has 2 aromatic carbocycles. The number of likely N-dealkylation sites (tertiary alicyclic amines) is 1. The Morgan fingerprint density at radius 2 is 1.76 bits per heavy atom. The van der Waals surface area contributed by atoms with Gasteiger partial charge in [0.1, 0.15) is 17.7 Å². The van der Waals surface area contributed by atoms with Crippen LogP contribution < -0.4 is 21.3 Å². The lowest BCUT2D eigenvalue weighted by atomic mass is 9.93. The zero-order chi connectivity index (χ0) is 34.8. The maximum Gasteiger partial charge on any atom is 0.335 e.